The number of benzene rings is 1. The number of hydrogen-bond acceptors (Lipinski definition) is 6. The number of halogens is 1. The van der Waals surface area contributed by atoms with E-state index in [0.717, 1.165) is 21.1 Å². The number of nitrogens with one attached hydrogen (secondary N) is 1. The quantitative estimate of drug-likeness (QED) is 0.646. The first kappa shape index (κ1) is 19.7. The summed E-state index contributed by atoms with van der Waals surface area (Å²) in [4.78, 5) is 14.1. The standard InChI is InChI=1S/C18H20ClN5OS2/c1-18(2,3)16-23-14(15(26-16)12-8-9-21-17(20)22-12)10-6-5-7-11(13(10)19)24-27(4)25/h5-9,24H,1-4H3,(H2,20,21,22). The third-order valence-electron chi connectivity index (χ3n) is 3.68. The Labute approximate surface area is 169 Å². The number of thiazole rings is 1. The summed E-state index contributed by atoms with van der Waals surface area (Å²) in [6, 6.07) is 7.33. The second kappa shape index (κ2) is 7.53. The fourth-order valence-electron chi connectivity index (χ4n) is 2.45. The van der Waals surface area contributed by atoms with Crippen molar-refractivity contribution in [3.8, 4) is 21.8 Å². The minimum absolute atomic E-state index is 0.135. The van der Waals surface area contributed by atoms with Gasteiger partial charge >= 0.3 is 0 Å². The van der Waals surface area contributed by atoms with Crippen molar-refractivity contribution in [3.63, 3.8) is 0 Å². The molecule has 0 aliphatic rings. The van der Waals surface area contributed by atoms with Gasteiger partial charge in [-0.05, 0) is 12.1 Å². The minimum atomic E-state index is -1.23. The van der Waals surface area contributed by atoms with Crippen molar-refractivity contribution in [3.05, 3.63) is 40.5 Å². The lowest BCUT2D eigenvalue weighted by Gasteiger charge is -2.13. The van der Waals surface area contributed by atoms with Crippen LogP contribution in [0.15, 0.2) is 30.5 Å². The largest absolute Gasteiger partial charge is 0.368 e. The smallest absolute Gasteiger partial charge is 0.220 e. The third kappa shape index (κ3) is 4.28. The first-order valence-electron chi connectivity index (χ1n) is 8.16. The predicted octanol–water partition coefficient (Wildman–Crippen LogP) is 4.51. The zero-order valence-corrected chi connectivity index (χ0v) is 17.8. The van der Waals surface area contributed by atoms with E-state index >= 15 is 0 Å². The maximum Gasteiger partial charge on any atom is 0.220 e. The van der Waals surface area contributed by atoms with Crippen LogP contribution in [0.25, 0.3) is 21.8 Å². The molecule has 3 N–H and O–H groups in total. The molecule has 1 atom stereocenters. The van der Waals surface area contributed by atoms with E-state index < -0.39 is 11.0 Å². The summed E-state index contributed by atoms with van der Waals surface area (Å²) < 4.78 is 14.4. The van der Waals surface area contributed by atoms with Gasteiger partial charge in [-0.2, -0.15) is 0 Å². The molecule has 6 nitrogen and oxygen atoms in total. The van der Waals surface area contributed by atoms with Crippen LogP contribution in [0, 0.1) is 0 Å². The van der Waals surface area contributed by atoms with Gasteiger partial charge in [-0.3, -0.25) is 0 Å². The topological polar surface area (TPSA) is 93.8 Å². The second-order valence-corrected chi connectivity index (χ2v) is 9.46. The number of nitrogens with two attached hydrogens (primary N) is 1. The van der Waals surface area contributed by atoms with Gasteiger partial charge in [0.05, 0.1) is 32.0 Å². The van der Waals surface area contributed by atoms with E-state index in [4.69, 9.17) is 22.3 Å². The lowest BCUT2D eigenvalue weighted by atomic mass is 9.98. The van der Waals surface area contributed by atoms with Crippen molar-refractivity contribution in [2.45, 2.75) is 26.2 Å². The van der Waals surface area contributed by atoms with E-state index in [-0.39, 0.29) is 11.4 Å². The van der Waals surface area contributed by atoms with Gasteiger partial charge in [-0.1, -0.05) is 44.5 Å². The van der Waals surface area contributed by atoms with E-state index in [2.05, 4.69) is 35.5 Å². The fourth-order valence-corrected chi connectivity index (χ4v) is 4.35. The molecule has 3 aromatic rings. The van der Waals surface area contributed by atoms with Crippen LogP contribution in [-0.4, -0.2) is 25.4 Å². The summed E-state index contributed by atoms with van der Waals surface area (Å²) in [6.45, 7) is 6.31. The van der Waals surface area contributed by atoms with Crippen molar-refractivity contribution in [2.75, 3.05) is 16.7 Å². The fraction of sp³-hybridized carbons (Fsp3) is 0.278. The van der Waals surface area contributed by atoms with Crippen LogP contribution in [0.4, 0.5) is 11.6 Å². The van der Waals surface area contributed by atoms with Gasteiger partial charge in [0.2, 0.25) is 5.95 Å². The molecule has 0 bridgehead atoms. The highest BCUT2D eigenvalue weighted by molar-refractivity contribution is 7.85. The van der Waals surface area contributed by atoms with Crippen LogP contribution in [0.3, 0.4) is 0 Å². The van der Waals surface area contributed by atoms with E-state index in [9.17, 15) is 4.21 Å². The molecule has 1 aromatic carbocycles. The Morgan fingerprint density at radius 3 is 2.59 bits per heavy atom. The summed E-state index contributed by atoms with van der Waals surface area (Å²) in [7, 11) is -1.23. The molecule has 0 radical (unpaired) electrons. The Morgan fingerprint density at radius 2 is 1.96 bits per heavy atom. The average molecular weight is 422 g/mol. The van der Waals surface area contributed by atoms with Crippen LogP contribution in [0.2, 0.25) is 5.02 Å². The van der Waals surface area contributed by atoms with Gasteiger partial charge in [0, 0.05) is 23.4 Å². The van der Waals surface area contributed by atoms with Gasteiger partial charge in [-0.25, -0.2) is 19.2 Å². The second-order valence-electron chi connectivity index (χ2n) is 6.97. The number of nitrogen functional groups attached to an aromatic ring is 1. The highest BCUT2D eigenvalue weighted by Crippen LogP contribution is 2.43. The molecule has 0 amide bonds. The Balaban J connectivity index is 2.24. The summed E-state index contributed by atoms with van der Waals surface area (Å²) in [5.41, 5.74) is 8.39. The summed E-state index contributed by atoms with van der Waals surface area (Å²) >= 11 is 8.17. The molecule has 0 aliphatic carbocycles. The minimum Gasteiger partial charge on any atom is -0.368 e. The number of nitrogens with zero attached hydrogens (tertiary/aromatic N) is 3. The van der Waals surface area contributed by atoms with Crippen LogP contribution in [0.1, 0.15) is 25.8 Å². The number of aromatic nitrogens is 3. The molecule has 0 saturated heterocycles. The maximum atomic E-state index is 11.6. The van der Waals surface area contributed by atoms with Gasteiger partial charge in [0.1, 0.15) is 11.0 Å². The maximum absolute atomic E-state index is 11.6. The average Bonchev–Trinajstić information content (AvgIpc) is 3.02. The van der Waals surface area contributed by atoms with Crippen LogP contribution in [-0.2, 0) is 16.4 Å². The van der Waals surface area contributed by atoms with E-state index in [1.165, 1.54) is 0 Å². The Kier molecular flexibility index (Phi) is 5.50. The van der Waals surface area contributed by atoms with Crippen molar-refractivity contribution >= 4 is 45.6 Å². The zero-order chi connectivity index (χ0) is 19.8. The van der Waals surface area contributed by atoms with Crippen molar-refractivity contribution in [2.24, 2.45) is 0 Å². The molecule has 1 unspecified atom stereocenters. The van der Waals surface area contributed by atoms with Crippen LogP contribution >= 0.6 is 22.9 Å². The summed E-state index contributed by atoms with van der Waals surface area (Å²) in [6.07, 6.45) is 3.18. The molecule has 142 valence electrons. The molecule has 2 aromatic heterocycles. The molecule has 0 spiro atoms. The Bertz CT molecular complexity index is 1010. The number of anilines is 2. The Hall–Kier alpha value is -2.03. The van der Waals surface area contributed by atoms with E-state index in [1.807, 2.05) is 12.1 Å². The molecule has 0 aliphatic heterocycles. The Morgan fingerprint density at radius 1 is 1.22 bits per heavy atom. The van der Waals surface area contributed by atoms with Gasteiger partial charge in [0.15, 0.2) is 0 Å². The highest BCUT2D eigenvalue weighted by atomic mass is 35.5. The van der Waals surface area contributed by atoms with Gasteiger partial charge in [-0.15, -0.1) is 11.3 Å². The zero-order valence-electron chi connectivity index (χ0n) is 15.4. The van der Waals surface area contributed by atoms with Crippen molar-refractivity contribution in [1.29, 1.82) is 0 Å². The lowest BCUT2D eigenvalue weighted by molar-refractivity contribution is 0.586. The highest BCUT2D eigenvalue weighted by Gasteiger charge is 2.25. The van der Waals surface area contributed by atoms with Crippen molar-refractivity contribution < 1.29 is 4.21 Å². The first-order chi connectivity index (χ1) is 12.7. The summed E-state index contributed by atoms with van der Waals surface area (Å²) in [5.74, 6) is 0.201. The molecule has 3 rings (SSSR count). The number of hydrogen-bond donors (Lipinski definition) is 2. The lowest BCUT2D eigenvalue weighted by Crippen LogP contribution is -2.10. The molecular formula is C18H20ClN5OS2. The van der Waals surface area contributed by atoms with Crippen molar-refractivity contribution in [1.82, 2.24) is 15.0 Å². The number of rotatable bonds is 4. The normalized spacial score (nSPS) is 12.8. The summed E-state index contributed by atoms with van der Waals surface area (Å²) in [5, 5.41) is 1.42. The predicted molar refractivity (Wildman–Crippen MR) is 114 cm³/mol. The molecule has 0 saturated carbocycles. The monoisotopic (exact) mass is 421 g/mol. The van der Waals surface area contributed by atoms with Gasteiger partial charge < -0.3 is 10.5 Å². The van der Waals surface area contributed by atoms with Crippen LogP contribution in [0.5, 0.6) is 0 Å². The molecular weight excluding hydrogens is 402 g/mol. The molecule has 0 fully saturated rings. The SMILES string of the molecule is CS(=O)Nc1cccc(-c2nc(C(C)(C)C)sc2-c2ccnc(N)n2)c1Cl. The van der Waals surface area contributed by atoms with E-state index in [1.54, 1.807) is 35.9 Å². The molecule has 27 heavy (non-hydrogen) atoms. The van der Waals surface area contributed by atoms with Gasteiger partial charge in [0.25, 0.3) is 0 Å². The molecule has 2 heterocycles. The molecule has 9 heteroatoms. The third-order valence-corrected chi connectivity index (χ3v) is 6.10. The first-order valence-corrected chi connectivity index (χ1v) is 10.9. The van der Waals surface area contributed by atoms with Crippen LogP contribution < -0.4 is 10.5 Å². The van der Waals surface area contributed by atoms with E-state index in [0.29, 0.717) is 16.4 Å².